The third kappa shape index (κ3) is 3.00. The number of rotatable bonds is 5. The van der Waals surface area contributed by atoms with Crippen LogP contribution in [-0.4, -0.2) is 26.4 Å². The van der Waals surface area contributed by atoms with Crippen LogP contribution < -0.4 is 16.2 Å². The molecule has 0 saturated carbocycles. The lowest BCUT2D eigenvalue weighted by Gasteiger charge is -2.14. The molecule has 2 atom stereocenters. The Balaban J connectivity index is 1.48. The lowest BCUT2D eigenvalue weighted by atomic mass is 10.1. The summed E-state index contributed by atoms with van der Waals surface area (Å²) in [5.41, 5.74) is 9.43. The molecule has 2 unspecified atom stereocenters. The van der Waals surface area contributed by atoms with Crippen molar-refractivity contribution >= 4 is 16.8 Å². The van der Waals surface area contributed by atoms with Crippen molar-refractivity contribution in [2.75, 3.05) is 0 Å². The summed E-state index contributed by atoms with van der Waals surface area (Å²) >= 11 is 0. The number of carbonyl (C=O) groups is 1. The van der Waals surface area contributed by atoms with Gasteiger partial charge in [0, 0.05) is 36.9 Å². The zero-order chi connectivity index (χ0) is 18.1. The number of carbonyl (C=O) groups excluding carboxylic acids is 1. The number of amides is 1. The second-order valence-electron chi connectivity index (χ2n) is 6.53. The standard InChI is InChI=1S/C19H24N6O/c1-3-24-10-9-14(23-24)19(26)20-18-12-15(21-22-18)17-11-13-7-5-6-8-16(13)25(17)4-2/h5-11,15,18,21-22H,3-4,12H2,1-2H3,(H,20,26). The first-order valence-electron chi connectivity index (χ1n) is 9.13. The number of nitrogens with zero attached hydrogens (tertiary/aromatic N) is 3. The average Bonchev–Trinajstić information content (AvgIpc) is 3.38. The van der Waals surface area contributed by atoms with E-state index in [1.807, 2.05) is 13.1 Å². The van der Waals surface area contributed by atoms with E-state index in [1.54, 1.807) is 10.7 Å². The van der Waals surface area contributed by atoms with Gasteiger partial charge < -0.3 is 9.88 Å². The first-order valence-corrected chi connectivity index (χ1v) is 9.13. The Bertz CT molecular complexity index is 927. The van der Waals surface area contributed by atoms with Crippen LogP contribution in [0.3, 0.4) is 0 Å². The first kappa shape index (κ1) is 16.8. The van der Waals surface area contributed by atoms with Crippen LogP contribution in [0.1, 0.15) is 42.5 Å². The van der Waals surface area contributed by atoms with Crippen LogP contribution in [0.2, 0.25) is 0 Å². The Kier molecular flexibility index (Phi) is 4.48. The molecule has 1 fully saturated rings. The Hall–Kier alpha value is -2.64. The molecule has 1 amide bonds. The van der Waals surface area contributed by atoms with Crippen molar-refractivity contribution in [1.82, 2.24) is 30.5 Å². The maximum Gasteiger partial charge on any atom is 0.273 e. The largest absolute Gasteiger partial charge is 0.343 e. The third-order valence-electron chi connectivity index (χ3n) is 4.92. The molecule has 1 saturated heterocycles. The predicted molar refractivity (Wildman–Crippen MR) is 100 cm³/mol. The van der Waals surface area contributed by atoms with Gasteiger partial charge in [0.1, 0.15) is 5.69 Å². The average molecular weight is 352 g/mol. The Labute approximate surface area is 152 Å². The highest BCUT2D eigenvalue weighted by Crippen LogP contribution is 2.28. The molecule has 0 radical (unpaired) electrons. The summed E-state index contributed by atoms with van der Waals surface area (Å²) in [5.74, 6) is -0.159. The molecule has 0 bridgehead atoms. The van der Waals surface area contributed by atoms with Gasteiger partial charge in [-0.25, -0.2) is 10.9 Å². The number of nitrogens with one attached hydrogen (secondary N) is 3. The van der Waals surface area contributed by atoms with E-state index in [2.05, 4.69) is 63.1 Å². The summed E-state index contributed by atoms with van der Waals surface area (Å²) in [6, 6.07) is 12.5. The minimum absolute atomic E-state index is 0.136. The number of benzene rings is 1. The second-order valence-corrected chi connectivity index (χ2v) is 6.53. The van der Waals surface area contributed by atoms with E-state index in [-0.39, 0.29) is 18.1 Å². The van der Waals surface area contributed by atoms with Crippen molar-refractivity contribution in [3.63, 3.8) is 0 Å². The number of hydrogen-bond acceptors (Lipinski definition) is 4. The third-order valence-corrected chi connectivity index (χ3v) is 4.92. The van der Waals surface area contributed by atoms with E-state index in [9.17, 15) is 4.79 Å². The highest BCUT2D eigenvalue weighted by atomic mass is 16.2. The number of hydrogen-bond donors (Lipinski definition) is 3. The minimum atomic E-state index is -0.159. The van der Waals surface area contributed by atoms with Gasteiger partial charge in [0.05, 0.1) is 12.2 Å². The molecule has 136 valence electrons. The molecule has 3 heterocycles. The van der Waals surface area contributed by atoms with Crippen LogP contribution in [0.4, 0.5) is 0 Å². The Morgan fingerprint density at radius 2 is 2.08 bits per heavy atom. The van der Waals surface area contributed by atoms with Crippen molar-refractivity contribution < 1.29 is 4.79 Å². The molecular formula is C19H24N6O. The number of hydrazine groups is 1. The second kappa shape index (κ2) is 6.93. The van der Waals surface area contributed by atoms with Crippen molar-refractivity contribution in [2.45, 2.75) is 45.6 Å². The summed E-state index contributed by atoms with van der Waals surface area (Å²) in [5, 5.41) is 8.50. The van der Waals surface area contributed by atoms with Gasteiger partial charge in [0.15, 0.2) is 0 Å². The highest BCUT2D eigenvalue weighted by molar-refractivity contribution is 5.92. The van der Waals surface area contributed by atoms with E-state index >= 15 is 0 Å². The van der Waals surface area contributed by atoms with Crippen molar-refractivity contribution in [1.29, 1.82) is 0 Å². The minimum Gasteiger partial charge on any atom is -0.343 e. The monoisotopic (exact) mass is 352 g/mol. The van der Waals surface area contributed by atoms with Crippen LogP contribution >= 0.6 is 0 Å². The van der Waals surface area contributed by atoms with Gasteiger partial charge in [-0.05, 0) is 37.4 Å². The molecule has 1 aromatic carbocycles. The van der Waals surface area contributed by atoms with E-state index in [0.29, 0.717) is 5.69 Å². The fourth-order valence-corrected chi connectivity index (χ4v) is 3.61. The number of aryl methyl sites for hydroxylation is 2. The zero-order valence-corrected chi connectivity index (χ0v) is 15.1. The molecule has 26 heavy (non-hydrogen) atoms. The van der Waals surface area contributed by atoms with Gasteiger partial charge in [-0.3, -0.25) is 9.48 Å². The van der Waals surface area contributed by atoms with Crippen LogP contribution in [-0.2, 0) is 13.1 Å². The fraction of sp³-hybridized carbons (Fsp3) is 0.368. The summed E-state index contributed by atoms with van der Waals surface area (Å²) < 4.78 is 4.07. The smallest absolute Gasteiger partial charge is 0.273 e. The van der Waals surface area contributed by atoms with Crippen LogP contribution in [0.5, 0.6) is 0 Å². The highest BCUT2D eigenvalue weighted by Gasteiger charge is 2.29. The molecule has 1 aliphatic heterocycles. The maximum atomic E-state index is 12.4. The molecular weight excluding hydrogens is 328 g/mol. The molecule has 2 aromatic heterocycles. The van der Waals surface area contributed by atoms with Gasteiger partial charge in [-0.1, -0.05) is 18.2 Å². The Morgan fingerprint density at radius 1 is 1.23 bits per heavy atom. The summed E-state index contributed by atoms with van der Waals surface area (Å²) in [6.45, 7) is 5.81. The van der Waals surface area contributed by atoms with E-state index < -0.39 is 0 Å². The normalized spacial score (nSPS) is 19.9. The quantitative estimate of drug-likeness (QED) is 0.658. The summed E-state index contributed by atoms with van der Waals surface area (Å²) in [4.78, 5) is 12.4. The lowest BCUT2D eigenvalue weighted by Crippen LogP contribution is -2.44. The van der Waals surface area contributed by atoms with Gasteiger partial charge in [0.2, 0.25) is 0 Å². The number of aromatic nitrogens is 3. The van der Waals surface area contributed by atoms with Crippen LogP contribution in [0.15, 0.2) is 42.6 Å². The van der Waals surface area contributed by atoms with Gasteiger partial charge in [-0.15, -0.1) is 0 Å². The fourth-order valence-electron chi connectivity index (χ4n) is 3.61. The first-order chi connectivity index (χ1) is 12.7. The molecule has 4 rings (SSSR count). The topological polar surface area (TPSA) is 75.9 Å². The van der Waals surface area contributed by atoms with Crippen LogP contribution in [0.25, 0.3) is 10.9 Å². The lowest BCUT2D eigenvalue weighted by molar-refractivity contribution is 0.0926. The predicted octanol–water partition coefficient (Wildman–Crippen LogP) is 2.17. The van der Waals surface area contributed by atoms with E-state index in [1.165, 1.54) is 16.6 Å². The molecule has 7 nitrogen and oxygen atoms in total. The molecule has 3 aromatic rings. The van der Waals surface area contributed by atoms with E-state index in [4.69, 9.17) is 0 Å². The van der Waals surface area contributed by atoms with Gasteiger partial charge >= 0.3 is 0 Å². The van der Waals surface area contributed by atoms with Gasteiger partial charge in [-0.2, -0.15) is 5.10 Å². The summed E-state index contributed by atoms with van der Waals surface area (Å²) in [6.07, 6.45) is 2.46. The summed E-state index contributed by atoms with van der Waals surface area (Å²) in [7, 11) is 0. The zero-order valence-electron chi connectivity index (χ0n) is 15.1. The molecule has 1 aliphatic rings. The molecule has 0 aliphatic carbocycles. The molecule has 7 heteroatoms. The SMILES string of the molecule is CCn1ccc(C(=O)NC2CC(c3cc4ccccc4n3CC)NN2)n1. The number of para-hydroxylation sites is 1. The molecule has 0 spiro atoms. The van der Waals surface area contributed by atoms with Crippen molar-refractivity contribution in [2.24, 2.45) is 0 Å². The van der Waals surface area contributed by atoms with Crippen molar-refractivity contribution in [3.8, 4) is 0 Å². The van der Waals surface area contributed by atoms with Crippen molar-refractivity contribution in [3.05, 3.63) is 54.0 Å². The number of fused-ring (bicyclic) bond motifs is 1. The maximum absolute atomic E-state index is 12.4. The Morgan fingerprint density at radius 3 is 2.85 bits per heavy atom. The molecule has 3 N–H and O–H groups in total. The van der Waals surface area contributed by atoms with Gasteiger partial charge in [0.25, 0.3) is 5.91 Å². The van der Waals surface area contributed by atoms with Crippen LogP contribution in [0, 0.1) is 0 Å². The van der Waals surface area contributed by atoms with E-state index in [0.717, 1.165) is 19.5 Å².